The first-order valence-electron chi connectivity index (χ1n) is 7.55. The lowest BCUT2D eigenvalue weighted by molar-refractivity contribution is 0.414. The van der Waals surface area contributed by atoms with Crippen molar-refractivity contribution in [3.05, 3.63) is 72.3 Å². The molecule has 0 fully saturated rings. The van der Waals surface area contributed by atoms with E-state index in [0.29, 0.717) is 5.92 Å². The Kier molecular flexibility index (Phi) is 5.62. The quantitative estimate of drug-likeness (QED) is 0.662. The molecule has 0 radical (unpaired) electrons. The summed E-state index contributed by atoms with van der Waals surface area (Å²) in [6.07, 6.45) is 3.34. The number of allylic oxidation sites excluding steroid dienone is 1. The third kappa shape index (κ3) is 4.78. The molecule has 2 aromatic rings. The summed E-state index contributed by atoms with van der Waals surface area (Å²) in [5.74, 6) is 1.56. The maximum atomic E-state index is 5.18. The van der Waals surface area contributed by atoms with Gasteiger partial charge in [0.25, 0.3) is 0 Å². The van der Waals surface area contributed by atoms with Gasteiger partial charge in [0, 0.05) is 0 Å². The van der Waals surface area contributed by atoms with Gasteiger partial charge in [0.15, 0.2) is 0 Å². The molecule has 0 aromatic heterocycles. The molecule has 110 valence electrons. The van der Waals surface area contributed by atoms with E-state index in [0.717, 1.165) is 18.6 Å². The maximum absolute atomic E-state index is 5.18. The van der Waals surface area contributed by atoms with E-state index in [2.05, 4.69) is 49.9 Å². The molecule has 0 aliphatic rings. The maximum Gasteiger partial charge on any atom is 0.118 e. The summed E-state index contributed by atoms with van der Waals surface area (Å²) >= 11 is 0. The smallest absolute Gasteiger partial charge is 0.118 e. The van der Waals surface area contributed by atoms with Gasteiger partial charge in [-0.05, 0) is 54.0 Å². The predicted octanol–water partition coefficient (Wildman–Crippen LogP) is 5.37. The first kappa shape index (κ1) is 15.4. The van der Waals surface area contributed by atoms with Crippen LogP contribution in [0.25, 0.3) is 5.57 Å². The van der Waals surface area contributed by atoms with Crippen molar-refractivity contribution in [1.29, 1.82) is 0 Å². The molecule has 0 heterocycles. The lowest BCUT2D eigenvalue weighted by atomic mass is 9.92. The zero-order chi connectivity index (χ0) is 15.1. The topological polar surface area (TPSA) is 9.23 Å². The van der Waals surface area contributed by atoms with Crippen molar-refractivity contribution in [2.24, 2.45) is 5.92 Å². The fraction of sp³-hybridized carbons (Fsp3) is 0.300. The molecule has 0 aliphatic carbocycles. The van der Waals surface area contributed by atoms with E-state index < -0.39 is 0 Å². The molecule has 0 aliphatic heterocycles. The van der Waals surface area contributed by atoms with Crippen LogP contribution in [-0.2, 0) is 6.42 Å². The van der Waals surface area contributed by atoms with E-state index in [1.54, 1.807) is 7.11 Å². The van der Waals surface area contributed by atoms with E-state index in [1.807, 2.05) is 18.2 Å². The van der Waals surface area contributed by atoms with Crippen LogP contribution in [-0.4, -0.2) is 7.11 Å². The van der Waals surface area contributed by atoms with Gasteiger partial charge in [-0.3, -0.25) is 0 Å². The number of hydrogen-bond donors (Lipinski definition) is 0. The number of hydrogen-bond acceptors (Lipinski definition) is 1. The number of aryl methyl sites for hydroxylation is 1. The van der Waals surface area contributed by atoms with Crippen LogP contribution < -0.4 is 4.74 Å². The third-order valence-corrected chi connectivity index (χ3v) is 3.86. The summed E-state index contributed by atoms with van der Waals surface area (Å²) < 4.78 is 5.18. The Morgan fingerprint density at radius 2 is 1.71 bits per heavy atom. The summed E-state index contributed by atoms with van der Waals surface area (Å²) in [7, 11) is 1.70. The molecular formula is C20H24O. The van der Waals surface area contributed by atoms with Gasteiger partial charge in [-0.1, -0.05) is 56.0 Å². The highest BCUT2D eigenvalue weighted by molar-refractivity contribution is 5.63. The second-order valence-electron chi connectivity index (χ2n) is 5.67. The Bertz CT molecular complexity index is 554. The molecule has 0 unspecified atom stereocenters. The molecule has 0 saturated carbocycles. The molecule has 2 rings (SSSR count). The predicted molar refractivity (Wildman–Crippen MR) is 90.6 cm³/mol. The van der Waals surface area contributed by atoms with E-state index in [9.17, 15) is 0 Å². The van der Waals surface area contributed by atoms with Crippen molar-refractivity contribution in [1.82, 2.24) is 0 Å². The van der Waals surface area contributed by atoms with E-state index >= 15 is 0 Å². The minimum Gasteiger partial charge on any atom is -0.497 e. The molecule has 0 spiro atoms. The lowest BCUT2D eigenvalue weighted by Gasteiger charge is -2.14. The number of benzene rings is 2. The molecule has 1 heteroatoms. The highest BCUT2D eigenvalue weighted by Gasteiger charge is 2.07. The first-order valence-corrected chi connectivity index (χ1v) is 7.55. The largest absolute Gasteiger partial charge is 0.497 e. The molecule has 0 bridgehead atoms. The zero-order valence-electron chi connectivity index (χ0n) is 13.0. The SMILES string of the molecule is C=C(C[C@H](C)CCc1ccc(OC)cc1)c1ccccc1. The molecule has 2 aromatic carbocycles. The van der Waals surface area contributed by atoms with Crippen molar-refractivity contribution in [2.75, 3.05) is 7.11 Å². The van der Waals surface area contributed by atoms with Gasteiger partial charge < -0.3 is 4.74 Å². The van der Waals surface area contributed by atoms with Gasteiger partial charge in [-0.25, -0.2) is 0 Å². The Labute approximate surface area is 128 Å². The number of ether oxygens (including phenoxy) is 1. The van der Waals surface area contributed by atoms with E-state index in [-0.39, 0.29) is 0 Å². The summed E-state index contributed by atoms with van der Waals surface area (Å²) in [6, 6.07) is 18.8. The Morgan fingerprint density at radius 1 is 1.05 bits per heavy atom. The Morgan fingerprint density at radius 3 is 2.33 bits per heavy atom. The first-order chi connectivity index (χ1) is 10.2. The van der Waals surface area contributed by atoms with Crippen molar-refractivity contribution < 1.29 is 4.74 Å². The van der Waals surface area contributed by atoms with Gasteiger partial charge in [0.2, 0.25) is 0 Å². The van der Waals surface area contributed by atoms with Gasteiger partial charge in [0.05, 0.1) is 7.11 Å². The van der Waals surface area contributed by atoms with Crippen LogP contribution in [0.3, 0.4) is 0 Å². The fourth-order valence-corrected chi connectivity index (χ4v) is 2.52. The van der Waals surface area contributed by atoms with Crippen LogP contribution in [0.15, 0.2) is 61.2 Å². The molecule has 1 atom stereocenters. The number of rotatable bonds is 7. The van der Waals surface area contributed by atoms with E-state index in [4.69, 9.17) is 4.74 Å². The van der Waals surface area contributed by atoms with Crippen LogP contribution in [0.1, 0.15) is 30.9 Å². The Hall–Kier alpha value is -2.02. The minimum atomic E-state index is 0.639. The lowest BCUT2D eigenvalue weighted by Crippen LogP contribution is -1.99. The van der Waals surface area contributed by atoms with Gasteiger partial charge in [0.1, 0.15) is 5.75 Å². The van der Waals surface area contributed by atoms with E-state index in [1.165, 1.54) is 23.1 Å². The zero-order valence-corrected chi connectivity index (χ0v) is 13.0. The highest BCUT2D eigenvalue weighted by Crippen LogP contribution is 2.24. The van der Waals surface area contributed by atoms with Gasteiger partial charge in [-0.15, -0.1) is 0 Å². The second-order valence-corrected chi connectivity index (χ2v) is 5.67. The molecule has 1 nitrogen and oxygen atoms in total. The highest BCUT2D eigenvalue weighted by atomic mass is 16.5. The fourth-order valence-electron chi connectivity index (χ4n) is 2.52. The molecular weight excluding hydrogens is 256 g/mol. The third-order valence-electron chi connectivity index (χ3n) is 3.86. The molecule has 0 saturated heterocycles. The minimum absolute atomic E-state index is 0.639. The number of methoxy groups -OCH3 is 1. The second kappa shape index (κ2) is 7.68. The van der Waals surface area contributed by atoms with Crippen LogP contribution in [0.2, 0.25) is 0 Å². The summed E-state index contributed by atoms with van der Waals surface area (Å²) in [6.45, 7) is 6.53. The van der Waals surface area contributed by atoms with Gasteiger partial charge >= 0.3 is 0 Å². The summed E-state index contributed by atoms with van der Waals surface area (Å²) in [5, 5.41) is 0. The van der Waals surface area contributed by atoms with Crippen molar-refractivity contribution in [3.63, 3.8) is 0 Å². The molecule has 21 heavy (non-hydrogen) atoms. The van der Waals surface area contributed by atoms with Crippen LogP contribution >= 0.6 is 0 Å². The van der Waals surface area contributed by atoms with Crippen LogP contribution in [0, 0.1) is 5.92 Å². The normalized spacial score (nSPS) is 11.9. The molecule has 0 amide bonds. The average molecular weight is 280 g/mol. The standard InChI is InChI=1S/C20H24O/c1-16(15-17(2)19-7-5-4-6-8-19)9-10-18-11-13-20(21-3)14-12-18/h4-8,11-14,16H,2,9-10,15H2,1,3H3/t16-/m1/s1. The van der Waals surface area contributed by atoms with Crippen molar-refractivity contribution >= 4 is 5.57 Å². The monoisotopic (exact) mass is 280 g/mol. The summed E-state index contributed by atoms with van der Waals surface area (Å²) in [4.78, 5) is 0. The van der Waals surface area contributed by atoms with Crippen molar-refractivity contribution in [2.45, 2.75) is 26.2 Å². The van der Waals surface area contributed by atoms with Gasteiger partial charge in [-0.2, -0.15) is 0 Å². The summed E-state index contributed by atoms with van der Waals surface area (Å²) in [5.41, 5.74) is 3.86. The van der Waals surface area contributed by atoms with Crippen LogP contribution in [0.5, 0.6) is 5.75 Å². The average Bonchev–Trinajstić information content (AvgIpc) is 2.54. The van der Waals surface area contributed by atoms with Crippen molar-refractivity contribution in [3.8, 4) is 5.75 Å². The molecule has 0 N–H and O–H groups in total. The Balaban J connectivity index is 1.81. The van der Waals surface area contributed by atoms with Crippen LogP contribution in [0.4, 0.5) is 0 Å².